The number of hydrogen-bond acceptors (Lipinski definition) is 7. The van der Waals surface area contributed by atoms with Gasteiger partial charge in [0.05, 0.1) is 24.8 Å². The monoisotopic (exact) mass is 428 g/mol. The third-order valence-electron chi connectivity index (χ3n) is 3.92. The van der Waals surface area contributed by atoms with Gasteiger partial charge in [0.1, 0.15) is 5.75 Å². The smallest absolute Gasteiger partial charge is 0.293 e. The molecule has 0 aliphatic carbocycles. The van der Waals surface area contributed by atoms with Crippen LogP contribution >= 0.6 is 11.3 Å². The van der Waals surface area contributed by atoms with Crippen molar-refractivity contribution >= 4 is 45.6 Å². The number of anilines is 3. The number of thiazole rings is 1. The van der Waals surface area contributed by atoms with Gasteiger partial charge in [-0.1, -0.05) is 0 Å². The van der Waals surface area contributed by atoms with Crippen LogP contribution in [0.3, 0.4) is 0 Å². The van der Waals surface area contributed by atoms with E-state index in [1.54, 1.807) is 35.7 Å². The van der Waals surface area contributed by atoms with Gasteiger partial charge in [-0.2, -0.15) is 0 Å². The molecule has 0 radical (unpaired) electrons. The van der Waals surface area contributed by atoms with Crippen LogP contribution in [0.5, 0.6) is 5.75 Å². The molecule has 30 heavy (non-hydrogen) atoms. The third-order valence-corrected chi connectivity index (χ3v) is 4.73. The van der Waals surface area contributed by atoms with Crippen LogP contribution in [0.2, 0.25) is 0 Å². The number of methoxy groups -OCH3 is 1. The Hall–Kier alpha value is -3.66. The molecule has 0 saturated carbocycles. The number of ether oxygens (including phenoxy) is 1. The maximum absolute atomic E-state index is 12.4. The highest BCUT2D eigenvalue weighted by Gasteiger charge is 2.13. The summed E-state index contributed by atoms with van der Waals surface area (Å²) in [6.45, 7) is 1.40. The van der Waals surface area contributed by atoms with Gasteiger partial charge in [0, 0.05) is 24.4 Å². The molecular weight excluding hydrogens is 408 g/mol. The van der Waals surface area contributed by atoms with E-state index in [1.165, 1.54) is 31.6 Å². The molecular formula is C20H20N4O5S. The first-order valence-electron chi connectivity index (χ1n) is 8.99. The van der Waals surface area contributed by atoms with Crippen LogP contribution in [0.4, 0.5) is 16.5 Å². The van der Waals surface area contributed by atoms with Crippen molar-refractivity contribution in [3.8, 4) is 5.75 Å². The van der Waals surface area contributed by atoms with E-state index >= 15 is 0 Å². The summed E-state index contributed by atoms with van der Waals surface area (Å²) in [6.07, 6.45) is 2.00. The van der Waals surface area contributed by atoms with Crippen molar-refractivity contribution in [2.45, 2.75) is 19.8 Å². The van der Waals surface area contributed by atoms with E-state index in [1.807, 2.05) is 0 Å². The Morgan fingerprint density at radius 3 is 2.70 bits per heavy atom. The molecule has 10 heteroatoms. The van der Waals surface area contributed by atoms with Gasteiger partial charge in [0.15, 0.2) is 10.9 Å². The first-order valence-corrected chi connectivity index (χ1v) is 9.87. The van der Waals surface area contributed by atoms with E-state index in [4.69, 9.17) is 9.15 Å². The molecule has 3 aromatic rings. The zero-order chi connectivity index (χ0) is 21.5. The van der Waals surface area contributed by atoms with Gasteiger partial charge in [-0.15, -0.1) is 11.3 Å². The van der Waals surface area contributed by atoms with Crippen LogP contribution in [0.1, 0.15) is 29.6 Å². The van der Waals surface area contributed by atoms with E-state index in [9.17, 15) is 14.4 Å². The molecule has 0 fully saturated rings. The van der Waals surface area contributed by atoms with Gasteiger partial charge in [0.25, 0.3) is 5.91 Å². The summed E-state index contributed by atoms with van der Waals surface area (Å²) in [5, 5.41) is 10.3. The topological polar surface area (TPSA) is 123 Å². The summed E-state index contributed by atoms with van der Waals surface area (Å²) < 4.78 is 10.3. The standard InChI is InChI=1S/C20H20N4O5S/c1-12(25)21-13-5-7-16(28-2)15(10-13)23-18(26)8-6-14-11-30-20(22-14)24-19(27)17-4-3-9-29-17/h3-5,7,9-11H,6,8H2,1-2H3,(H,21,25)(H,23,26)(H,22,24,27). The quantitative estimate of drug-likeness (QED) is 0.504. The predicted octanol–water partition coefficient (Wildman–Crippen LogP) is 3.53. The van der Waals surface area contributed by atoms with Crippen molar-refractivity contribution in [1.82, 2.24) is 4.98 Å². The maximum Gasteiger partial charge on any atom is 0.293 e. The maximum atomic E-state index is 12.4. The number of aryl methyl sites for hydroxylation is 1. The van der Waals surface area contributed by atoms with Gasteiger partial charge in [-0.05, 0) is 36.8 Å². The second kappa shape index (κ2) is 9.70. The van der Waals surface area contributed by atoms with Crippen molar-refractivity contribution in [3.05, 3.63) is 53.4 Å². The summed E-state index contributed by atoms with van der Waals surface area (Å²) in [4.78, 5) is 39.9. The zero-order valence-electron chi connectivity index (χ0n) is 16.4. The number of carbonyl (C=O) groups is 3. The molecule has 0 unspecified atom stereocenters. The second-order valence-electron chi connectivity index (χ2n) is 6.22. The predicted molar refractivity (Wildman–Crippen MR) is 113 cm³/mol. The molecule has 2 aromatic heterocycles. The van der Waals surface area contributed by atoms with Crippen LogP contribution < -0.4 is 20.7 Å². The molecule has 0 aliphatic rings. The van der Waals surface area contributed by atoms with Gasteiger partial charge in [-0.25, -0.2) is 4.98 Å². The Kier molecular flexibility index (Phi) is 6.81. The largest absolute Gasteiger partial charge is 0.495 e. The molecule has 0 spiro atoms. The van der Waals surface area contributed by atoms with Crippen molar-refractivity contribution in [1.29, 1.82) is 0 Å². The zero-order valence-corrected chi connectivity index (χ0v) is 17.2. The lowest BCUT2D eigenvalue weighted by atomic mass is 10.2. The van der Waals surface area contributed by atoms with Crippen molar-refractivity contribution in [2.75, 3.05) is 23.1 Å². The third kappa shape index (κ3) is 5.67. The first-order chi connectivity index (χ1) is 14.4. The number of furan rings is 1. The van der Waals surface area contributed by atoms with Crippen LogP contribution in [-0.2, 0) is 16.0 Å². The lowest BCUT2D eigenvalue weighted by Gasteiger charge is -2.12. The molecule has 0 saturated heterocycles. The van der Waals surface area contributed by atoms with Crippen LogP contribution in [-0.4, -0.2) is 29.8 Å². The molecule has 0 aliphatic heterocycles. The highest BCUT2D eigenvalue weighted by Crippen LogP contribution is 2.28. The summed E-state index contributed by atoms with van der Waals surface area (Å²) in [5.41, 5.74) is 1.69. The number of nitrogens with one attached hydrogen (secondary N) is 3. The number of carbonyl (C=O) groups excluding carboxylic acids is 3. The van der Waals surface area contributed by atoms with Gasteiger partial charge in [-0.3, -0.25) is 19.7 Å². The molecule has 3 rings (SSSR count). The summed E-state index contributed by atoms with van der Waals surface area (Å²) >= 11 is 1.27. The molecule has 0 bridgehead atoms. The highest BCUT2D eigenvalue weighted by atomic mass is 32.1. The normalized spacial score (nSPS) is 10.3. The highest BCUT2D eigenvalue weighted by molar-refractivity contribution is 7.13. The lowest BCUT2D eigenvalue weighted by molar-refractivity contribution is -0.116. The summed E-state index contributed by atoms with van der Waals surface area (Å²) in [6, 6.07) is 8.16. The molecule has 2 heterocycles. The van der Waals surface area contributed by atoms with E-state index in [-0.39, 0.29) is 29.9 Å². The van der Waals surface area contributed by atoms with Crippen molar-refractivity contribution in [2.24, 2.45) is 0 Å². The average Bonchev–Trinajstić information content (AvgIpc) is 3.38. The number of aromatic nitrogens is 1. The van der Waals surface area contributed by atoms with Crippen LogP contribution in [0.25, 0.3) is 0 Å². The minimum Gasteiger partial charge on any atom is -0.495 e. The number of amides is 3. The fourth-order valence-electron chi connectivity index (χ4n) is 2.59. The number of rotatable bonds is 8. The molecule has 9 nitrogen and oxygen atoms in total. The van der Waals surface area contributed by atoms with Gasteiger partial charge < -0.3 is 19.8 Å². The Bertz CT molecular complexity index is 1050. The Morgan fingerprint density at radius 1 is 1.17 bits per heavy atom. The Labute approximate surface area is 176 Å². The second-order valence-corrected chi connectivity index (χ2v) is 7.08. The molecule has 1 aromatic carbocycles. The van der Waals surface area contributed by atoms with Gasteiger partial charge >= 0.3 is 0 Å². The first kappa shape index (κ1) is 21.1. The van der Waals surface area contributed by atoms with E-state index in [2.05, 4.69) is 20.9 Å². The summed E-state index contributed by atoms with van der Waals surface area (Å²) in [5.74, 6) is -0.154. The van der Waals surface area contributed by atoms with Gasteiger partial charge in [0.2, 0.25) is 11.8 Å². The molecule has 3 amide bonds. The van der Waals surface area contributed by atoms with E-state index in [0.717, 1.165) is 0 Å². The minimum atomic E-state index is -0.384. The van der Waals surface area contributed by atoms with Crippen molar-refractivity contribution in [3.63, 3.8) is 0 Å². The molecule has 156 valence electrons. The Balaban J connectivity index is 1.55. The number of hydrogen-bond donors (Lipinski definition) is 3. The van der Waals surface area contributed by atoms with Crippen LogP contribution in [0.15, 0.2) is 46.4 Å². The fraction of sp³-hybridized carbons (Fsp3) is 0.200. The number of nitrogens with zero attached hydrogens (tertiary/aromatic N) is 1. The fourth-order valence-corrected chi connectivity index (χ4v) is 3.33. The Morgan fingerprint density at radius 2 is 2.00 bits per heavy atom. The van der Waals surface area contributed by atoms with Crippen LogP contribution in [0, 0.1) is 0 Å². The minimum absolute atomic E-state index is 0.183. The SMILES string of the molecule is COc1ccc(NC(C)=O)cc1NC(=O)CCc1csc(NC(=O)c2ccco2)n1. The van der Waals surface area contributed by atoms with E-state index in [0.29, 0.717) is 34.4 Å². The molecule has 3 N–H and O–H groups in total. The lowest BCUT2D eigenvalue weighted by Crippen LogP contribution is -2.14. The summed E-state index contributed by atoms with van der Waals surface area (Å²) in [7, 11) is 1.50. The molecule has 0 atom stereocenters. The van der Waals surface area contributed by atoms with E-state index < -0.39 is 0 Å². The number of benzene rings is 1. The van der Waals surface area contributed by atoms with Crippen molar-refractivity contribution < 1.29 is 23.5 Å². The average molecular weight is 428 g/mol.